The van der Waals surface area contributed by atoms with Gasteiger partial charge in [-0.1, -0.05) is 17.8 Å². The fraction of sp³-hybridized carbons (Fsp3) is 0.200. The highest BCUT2D eigenvalue weighted by molar-refractivity contribution is 7.99. The van der Waals surface area contributed by atoms with Crippen molar-refractivity contribution in [3.05, 3.63) is 59.7 Å². The van der Waals surface area contributed by atoms with E-state index in [0.29, 0.717) is 29.0 Å². The van der Waals surface area contributed by atoms with Crippen molar-refractivity contribution in [1.82, 2.24) is 23.9 Å². The molecule has 9 nitrogen and oxygen atoms in total. The molecular weight excluding hydrogens is 404 g/mol. The number of furan rings is 1. The highest BCUT2D eigenvalue weighted by Crippen LogP contribution is 2.25. The number of nitrogens with one attached hydrogen (secondary N) is 1. The Hall–Kier alpha value is -3.53. The molecule has 0 fully saturated rings. The van der Waals surface area contributed by atoms with E-state index in [4.69, 9.17) is 4.42 Å². The van der Waals surface area contributed by atoms with Gasteiger partial charge >= 0.3 is 5.69 Å². The summed E-state index contributed by atoms with van der Waals surface area (Å²) in [4.78, 5) is 24.5. The lowest BCUT2D eigenvalue weighted by Gasteiger charge is -2.07. The molecule has 4 aromatic rings. The summed E-state index contributed by atoms with van der Waals surface area (Å²) >= 11 is 1.27. The van der Waals surface area contributed by atoms with Gasteiger partial charge in [0.05, 0.1) is 23.0 Å². The van der Waals surface area contributed by atoms with Crippen molar-refractivity contribution in [3.63, 3.8) is 0 Å². The Bertz CT molecular complexity index is 1280. The molecule has 1 amide bonds. The highest BCUT2D eigenvalue weighted by Gasteiger charge is 2.17. The van der Waals surface area contributed by atoms with E-state index in [2.05, 4.69) is 22.1 Å². The summed E-state index contributed by atoms with van der Waals surface area (Å²) in [6.45, 7) is 4.26. The molecule has 154 valence electrons. The van der Waals surface area contributed by atoms with E-state index in [-0.39, 0.29) is 17.3 Å². The lowest BCUT2D eigenvalue weighted by Crippen LogP contribution is -2.19. The molecule has 0 atom stereocenters. The first-order chi connectivity index (χ1) is 14.5. The summed E-state index contributed by atoms with van der Waals surface area (Å²) in [7, 11) is 3.42. The molecule has 3 aromatic heterocycles. The minimum absolute atomic E-state index is 0.113. The van der Waals surface area contributed by atoms with E-state index in [9.17, 15) is 9.59 Å². The van der Waals surface area contributed by atoms with Gasteiger partial charge in [0.2, 0.25) is 11.7 Å². The Morgan fingerprint density at radius 1 is 1.23 bits per heavy atom. The monoisotopic (exact) mass is 424 g/mol. The standard InChI is InChI=1S/C20H20N6O3S/c1-4-9-26-18(16-6-5-10-29-16)22-23-19(26)30-12-17(27)21-13-7-8-14-15(11-13)25(3)20(28)24(14)2/h4-8,10-11H,1,9,12H2,2-3H3,(H,21,27). The number of fused-ring (bicyclic) bond motifs is 1. The van der Waals surface area contributed by atoms with Crippen LogP contribution in [0, 0.1) is 0 Å². The van der Waals surface area contributed by atoms with Gasteiger partial charge in [-0.3, -0.25) is 18.5 Å². The molecule has 3 heterocycles. The third-order valence-electron chi connectivity index (χ3n) is 4.66. The molecule has 0 unspecified atom stereocenters. The normalized spacial score (nSPS) is 11.1. The molecule has 0 spiro atoms. The first kappa shape index (κ1) is 19.8. The predicted octanol–water partition coefficient (Wildman–Crippen LogP) is 2.65. The van der Waals surface area contributed by atoms with Crippen LogP contribution in [0.25, 0.3) is 22.6 Å². The van der Waals surface area contributed by atoms with Gasteiger partial charge in [0, 0.05) is 26.3 Å². The number of carbonyl (C=O) groups is 1. The van der Waals surface area contributed by atoms with Gasteiger partial charge < -0.3 is 9.73 Å². The Balaban J connectivity index is 1.48. The lowest BCUT2D eigenvalue weighted by atomic mass is 10.2. The summed E-state index contributed by atoms with van der Waals surface area (Å²) in [6.07, 6.45) is 3.31. The van der Waals surface area contributed by atoms with Crippen LogP contribution in [0.15, 0.2) is 63.6 Å². The number of imidazole rings is 1. The Morgan fingerprint density at radius 3 is 2.77 bits per heavy atom. The third-order valence-corrected chi connectivity index (χ3v) is 5.62. The number of carbonyl (C=O) groups excluding carboxylic acids is 1. The summed E-state index contributed by atoms with van der Waals surface area (Å²) in [5, 5.41) is 11.8. The van der Waals surface area contributed by atoms with Gasteiger partial charge in [0.15, 0.2) is 10.9 Å². The quantitative estimate of drug-likeness (QED) is 0.362. The number of amides is 1. The minimum Gasteiger partial charge on any atom is -0.461 e. The molecule has 1 aromatic carbocycles. The maximum Gasteiger partial charge on any atom is 0.328 e. The molecule has 0 aliphatic carbocycles. The second-order valence-corrected chi connectivity index (χ2v) is 7.57. The van der Waals surface area contributed by atoms with Crippen LogP contribution in [0.1, 0.15) is 0 Å². The number of benzene rings is 1. The second-order valence-electron chi connectivity index (χ2n) is 6.62. The van der Waals surface area contributed by atoms with E-state index < -0.39 is 0 Å². The first-order valence-electron chi connectivity index (χ1n) is 9.15. The van der Waals surface area contributed by atoms with Crippen molar-refractivity contribution in [2.24, 2.45) is 14.1 Å². The van der Waals surface area contributed by atoms with E-state index in [1.165, 1.54) is 11.8 Å². The number of rotatable bonds is 7. The van der Waals surface area contributed by atoms with Crippen LogP contribution < -0.4 is 11.0 Å². The van der Waals surface area contributed by atoms with Crippen molar-refractivity contribution >= 4 is 34.4 Å². The summed E-state index contributed by atoms with van der Waals surface area (Å²) in [5.74, 6) is 1.15. The topological polar surface area (TPSA) is 99.9 Å². The molecule has 0 saturated heterocycles. The van der Waals surface area contributed by atoms with Crippen molar-refractivity contribution < 1.29 is 9.21 Å². The number of aryl methyl sites for hydroxylation is 2. The molecule has 0 aliphatic heterocycles. The minimum atomic E-state index is -0.187. The fourth-order valence-corrected chi connectivity index (χ4v) is 3.94. The summed E-state index contributed by atoms with van der Waals surface area (Å²) in [5.41, 5.74) is 2.07. The zero-order chi connectivity index (χ0) is 21.3. The number of allylic oxidation sites excluding steroid dienone is 1. The molecule has 0 radical (unpaired) electrons. The van der Waals surface area contributed by atoms with E-state index in [0.717, 1.165) is 11.0 Å². The molecule has 0 aliphatic rings. The molecule has 1 N–H and O–H groups in total. The van der Waals surface area contributed by atoms with Crippen LogP contribution in [0.3, 0.4) is 0 Å². The van der Waals surface area contributed by atoms with Crippen LogP contribution in [-0.2, 0) is 25.4 Å². The number of hydrogen-bond donors (Lipinski definition) is 1. The van der Waals surface area contributed by atoms with Crippen molar-refractivity contribution in [3.8, 4) is 11.6 Å². The van der Waals surface area contributed by atoms with E-state index in [1.807, 2.05) is 10.6 Å². The number of aromatic nitrogens is 5. The van der Waals surface area contributed by atoms with Gasteiger partial charge in [-0.15, -0.1) is 16.8 Å². The Labute approximate surface area is 176 Å². The zero-order valence-corrected chi connectivity index (χ0v) is 17.3. The molecule has 30 heavy (non-hydrogen) atoms. The van der Waals surface area contributed by atoms with Gasteiger partial charge in [-0.05, 0) is 30.3 Å². The fourth-order valence-electron chi connectivity index (χ4n) is 3.19. The molecule has 10 heteroatoms. The lowest BCUT2D eigenvalue weighted by molar-refractivity contribution is -0.113. The zero-order valence-electron chi connectivity index (χ0n) is 16.5. The van der Waals surface area contributed by atoms with Gasteiger partial charge in [-0.2, -0.15) is 0 Å². The van der Waals surface area contributed by atoms with Gasteiger partial charge in [-0.25, -0.2) is 4.79 Å². The van der Waals surface area contributed by atoms with Crippen LogP contribution in [0.2, 0.25) is 0 Å². The van der Waals surface area contributed by atoms with Crippen molar-refractivity contribution in [2.75, 3.05) is 11.1 Å². The number of thioether (sulfide) groups is 1. The van der Waals surface area contributed by atoms with Crippen LogP contribution in [0.4, 0.5) is 5.69 Å². The van der Waals surface area contributed by atoms with Gasteiger partial charge in [0.25, 0.3) is 0 Å². The van der Waals surface area contributed by atoms with E-state index in [1.54, 1.807) is 59.8 Å². The number of hydrogen-bond acceptors (Lipinski definition) is 6. The summed E-state index contributed by atoms with van der Waals surface area (Å²) in [6, 6.07) is 8.96. The largest absolute Gasteiger partial charge is 0.461 e. The Morgan fingerprint density at radius 2 is 2.03 bits per heavy atom. The maximum absolute atomic E-state index is 12.5. The van der Waals surface area contributed by atoms with Crippen LogP contribution >= 0.6 is 11.8 Å². The molecular formula is C20H20N6O3S. The second kappa shape index (κ2) is 8.07. The van der Waals surface area contributed by atoms with Gasteiger partial charge in [0.1, 0.15) is 0 Å². The van der Waals surface area contributed by atoms with Crippen molar-refractivity contribution in [2.45, 2.75) is 11.7 Å². The van der Waals surface area contributed by atoms with Crippen LogP contribution in [0.5, 0.6) is 0 Å². The Kier molecular flexibility index (Phi) is 5.32. The SMILES string of the molecule is C=CCn1c(SCC(=O)Nc2ccc3c(c2)n(C)c(=O)n3C)nnc1-c1ccco1. The highest BCUT2D eigenvalue weighted by atomic mass is 32.2. The molecule has 4 rings (SSSR count). The van der Waals surface area contributed by atoms with Crippen molar-refractivity contribution in [1.29, 1.82) is 0 Å². The molecule has 0 bridgehead atoms. The maximum atomic E-state index is 12.5. The first-order valence-corrected chi connectivity index (χ1v) is 10.1. The average Bonchev–Trinajstić information content (AvgIpc) is 3.44. The predicted molar refractivity (Wildman–Crippen MR) is 115 cm³/mol. The van der Waals surface area contributed by atoms with E-state index >= 15 is 0 Å². The van der Waals surface area contributed by atoms with Crippen LogP contribution in [-0.4, -0.2) is 35.6 Å². The third kappa shape index (κ3) is 3.57. The summed E-state index contributed by atoms with van der Waals surface area (Å²) < 4.78 is 10.4. The smallest absolute Gasteiger partial charge is 0.328 e. The number of anilines is 1. The average molecular weight is 424 g/mol. The molecule has 0 saturated carbocycles. The number of nitrogens with zero attached hydrogens (tertiary/aromatic N) is 5.